The fourth-order valence-electron chi connectivity index (χ4n) is 2.13. The van der Waals surface area contributed by atoms with Crippen LogP contribution in [0.25, 0.3) is 0 Å². The lowest BCUT2D eigenvalue weighted by atomic mass is 10.2. The van der Waals surface area contributed by atoms with E-state index < -0.39 is 10.8 Å². The van der Waals surface area contributed by atoms with Crippen molar-refractivity contribution < 1.29 is 14.5 Å². The van der Waals surface area contributed by atoms with Crippen LogP contribution in [0.15, 0.2) is 35.6 Å². The molecule has 2 rings (SSSR count). The lowest BCUT2D eigenvalue weighted by molar-refractivity contribution is -0.392. The highest BCUT2D eigenvalue weighted by atomic mass is 16.6. The summed E-state index contributed by atoms with van der Waals surface area (Å²) in [4.78, 5) is 26.2. The summed E-state index contributed by atoms with van der Waals surface area (Å²) in [7, 11) is 0. The molecule has 1 heterocycles. The summed E-state index contributed by atoms with van der Waals surface area (Å²) in [6, 6.07) is 7.33. The van der Waals surface area contributed by atoms with Crippen molar-refractivity contribution >= 4 is 17.9 Å². The first kappa shape index (κ1) is 19.1. The molecule has 0 aliphatic carbocycles. The maximum atomic E-state index is 12.0. The number of amides is 1. The molecule has 0 spiro atoms. The van der Waals surface area contributed by atoms with Crippen molar-refractivity contribution in [2.24, 2.45) is 11.0 Å². The van der Waals surface area contributed by atoms with Gasteiger partial charge in [0.2, 0.25) is 0 Å². The van der Waals surface area contributed by atoms with Crippen molar-refractivity contribution in [3.8, 4) is 5.75 Å². The normalized spacial score (nSPS) is 11.1. The summed E-state index contributed by atoms with van der Waals surface area (Å²) in [6.45, 7) is 6.01. The third-order valence-corrected chi connectivity index (χ3v) is 3.41. The Bertz CT molecular complexity index is 813. The Balaban J connectivity index is 2.00. The van der Waals surface area contributed by atoms with Crippen LogP contribution in [0.5, 0.6) is 5.75 Å². The molecule has 26 heavy (non-hydrogen) atoms. The van der Waals surface area contributed by atoms with Crippen LogP contribution in [-0.2, 0) is 11.3 Å². The zero-order chi connectivity index (χ0) is 19.1. The van der Waals surface area contributed by atoms with Gasteiger partial charge in [0.15, 0.2) is 12.4 Å². The molecule has 0 aliphatic heterocycles. The number of imidazole rings is 1. The minimum Gasteiger partial charge on any atom is -0.493 e. The quantitative estimate of drug-likeness (QED) is 0.441. The molecule has 1 amide bonds. The molecule has 0 radical (unpaired) electrons. The van der Waals surface area contributed by atoms with Crippen molar-refractivity contribution in [2.45, 2.75) is 27.3 Å². The number of para-hydroxylation sites is 1. The molecule has 1 aromatic heterocycles. The molecular weight excluding hydrogens is 338 g/mol. The molecule has 9 heteroatoms. The van der Waals surface area contributed by atoms with Crippen LogP contribution in [0.4, 0.5) is 5.82 Å². The number of nitro groups is 1. The Morgan fingerprint density at radius 2 is 2.19 bits per heavy atom. The first-order chi connectivity index (χ1) is 12.4. The number of benzene rings is 1. The number of hydrogen-bond donors (Lipinski definition) is 1. The average molecular weight is 359 g/mol. The van der Waals surface area contributed by atoms with Gasteiger partial charge < -0.3 is 14.9 Å². The molecular formula is C17H21N5O4. The lowest BCUT2D eigenvalue weighted by Crippen LogP contribution is -2.24. The van der Waals surface area contributed by atoms with Crippen molar-refractivity contribution in [3.63, 3.8) is 0 Å². The van der Waals surface area contributed by atoms with Gasteiger partial charge in [-0.25, -0.2) is 15.0 Å². The van der Waals surface area contributed by atoms with Gasteiger partial charge in [0.05, 0.1) is 12.8 Å². The van der Waals surface area contributed by atoms with E-state index >= 15 is 0 Å². The van der Waals surface area contributed by atoms with Crippen molar-refractivity contribution in [2.75, 3.05) is 6.61 Å². The zero-order valence-electron chi connectivity index (χ0n) is 14.9. The first-order valence-electron chi connectivity index (χ1n) is 8.08. The summed E-state index contributed by atoms with van der Waals surface area (Å²) in [5, 5.41) is 14.8. The minimum absolute atomic E-state index is 0.242. The second kappa shape index (κ2) is 8.75. The molecule has 0 fully saturated rings. The monoisotopic (exact) mass is 359 g/mol. The number of hydrazone groups is 1. The Morgan fingerprint density at radius 1 is 1.46 bits per heavy atom. The van der Waals surface area contributed by atoms with E-state index in [4.69, 9.17) is 4.74 Å². The van der Waals surface area contributed by atoms with E-state index in [1.165, 1.54) is 10.8 Å². The molecule has 0 saturated heterocycles. The predicted molar refractivity (Wildman–Crippen MR) is 96.1 cm³/mol. The summed E-state index contributed by atoms with van der Waals surface area (Å²) in [6.07, 6.45) is 2.59. The maximum absolute atomic E-state index is 12.0. The zero-order valence-corrected chi connectivity index (χ0v) is 14.9. The molecule has 138 valence electrons. The Morgan fingerprint density at radius 3 is 2.88 bits per heavy atom. The Hall–Kier alpha value is -3.23. The molecule has 9 nitrogen and oxygen atoms in total. The molecule has 1 aromatic carbocycles. The topological polar surface area (TPSA) is 112 Å². The third-order valence-electron chi connectivity index (χ3n) is 3.41. The highest BCUT2D eigenvalue weighted by Crippen LogP contribution is 2.17. The van der Waals surface area contributed by atoms with Crippen LogP contribution in [0.1, 0.15) is 25.2 Å². The summed E-state index contributed by atoms with van der Waals surface area (Å²) in [5.74, 6) is 0.692. The highest BCUT2D eigenvalue weighted by molar-refractivity contribution is 5.85. The van der Waals surface area contributed by atoms with Gasteiger partial charge in [-0.2, -0.15) is 5.10 Å². The number of carbonyl (C=O) groups excluding carboxylic acids is 1. The number of ether oxygens (including phenoxy) is 1. The number of nitrogens with one attached hydrogen (secondary N) is 1. The van der Waals surface area contributed by atoms with Crippen LogP contribution in [-0.4, -0.2) is 33.2 Å². The van der Waals surface area contributed by atoms with Crippen LogP contribution >= 0.6 is 0 Å². The van der Waals surface area contributed by atoms with Crippen molar-refractivity contribution in [1.82, 2.24) is 15.0 Å². The number of nitrogens with zero attached hydrogens (tertiary/aromatic N) is 4. The molecule has 0 bridgehead atoms. The van der Waals surface area contributed by atoms with Gasteiger partial charge in [0, 0.05) is 12.5 Å². The number of aromatic nitrogens is 2. The number of hydrogen-bond acceptors (Lipinski definition) is 6. The van der Waals surface area contributed by atoms with Crippen LogP contribution in [0.3, 0.4) is 0 Å². The fraction of sp³-hybridized carbons (Fsp3) is 0.353. The molecule has 0 unspecified atom stereocenters. The largest absolute Gasteiger partial charge is 0.493 e. The van der Waals surface area contributed by atoms with E-state index in [9.17, 15) is 14.9 Å². The van der Waals surface area contributed by atoms with E-state index in [1.54, 1.807) is 6.92 Å². The van der Waals surface area contributed by atoms with Crippen LogP contribution in [0.2, 0.25) is 0 Å². The standard InChI is InChI=1S/C17H21N5O4/c1-12(2)11-26-15-7-5-4-6-14(15)8-19-20-16(23)10-21-13(3)18-9-17(21)22(24)25/h4-9,12H,10-11H2,1-3H3,(H,20,23)/b19-8-. The minimum atomic E-state index is -0.584. The number of carbonyl (C=O) groups is 1. The second-order valence-electron chi connectivity index (χ2n) is 6.04. The van der Waals surface area contributed by atoms with E-state index in [0.29, 0.717) is 24.1 Å². The molecule has 0 saturated carbocycles. The predicted octanol–water partition coefficient (Wildman–Crippen LogP) is 2.28. The van der Waals surface area contributed by atoms with E-state index in [-0.39, 0.29) is 12.4 Å². The van der Waals surface area contributed by atoms with E-state index in [1.807, 2.05) is 38.1 Å². The molecule has 2 aromatic rings. The number of aryl methyl sites for hydroxylation is 1. The van der Waals surface area contributed by atoms with Gasteiger partial charge >= 0.3 is 5.82 Å². The lowest BCUT2D eigenvalue weighted by Gasteiger charge is -2.10. The summed E-state index contributed by atoms with van der Waals surface area (Å²) in [5.41, 5.74) is 3.08. The number of rotatable bonds is 8. The highest BCUT2D eigenvalue weighted by Gasteiger charge is 2.19. The average Bonchev–Trinajstić information content (AvgIpc) is 2.95. The summed E-state index contributed by atoms with van der Waals surface area (Å²) < 4.78 is 6.92. The van der Waals surface area contributed by atoms with Gasteiger partial charge in [-0.15, -0.1) is 0 Å². The van der Waals surface area contributed by atoms with E-state index in [0.717, 1.165) is 11.8 Å². The summed E-state index contributed by atoms with van der Waals surface area (Å²) >= 11 is 0. The molecule has 1 N–H and O–H groups in total. The maximum Gasteiger partial charge on any atom is 0.343 e. The van der Waals surface area contributed by atoms with Gasteiger partial charge in [-0.3, -0.25) is 4.79 Å². The first-order valence-corrected chi connectivity index (χ1v) is 8.08. The SMILES string of the molecule is Cc1ncc([N+](=O)[O-])n1CC(=O)N/N=C\c1ccccc1OCC(C)C. The van der Waals surface area contributed by atoms with Gasteiger partial charge in [-0.1, -0.05) is 26.0 Å². The molecule has 0 aliphatic rings. The van der Waals surface area contributed by atoms with Gasteiger partial charge in [-0.05, 0) is 23.0 Å². The van der Waals surface area contributed by atoms with Crippen LogP contribution < -0.4 is 10.2 Å². The Kier molecular flexibility index (Phi) is 6.42. The van der Waals surface area contributed by atoms with Crippen molar-refractivity contribution in [1.29, 1.82) is 0 Å². The van der Waals surface area contributed by atoms with Gasteiger partial charge in [0.1, 0.15) is 11.9 Å². The fourth-order valence-corrected chi connectivity index (χ4v) is 2.13. The Labute approximate surface area is 150 Å². The van der Waals surface area contributed by atoms with Gasteiger partial charge in [0.25, 0.3) is 5.91 Å². The molecule has 0 atom stereocenters. The van der Waals surface area contributed by atoms with E-state index in [2.05, 4.69) is 15.5 Å². The second-order valence-corrected chi connectivity index (χ2v) is 6.04. The van der Waals surface area contributed by atoms with Crippen molar-refractivity contribution in [3.05, 3.63) is 52.0 Å². The third kappa shape index (κ3) is 5.13. The van der Waals surface area contributed by atoms with Crippen LogP contribution in [0, 0.1) is 23.0 Å². The smallest absolute Gasteiger partial charge is 0.343 e.